The lowest BCUT2D eigenvalue weighted by molar-refractivity contribution is -0.141. The third-order valence-electron chi connectivity index (χ3n) is 2.62. The first kappa shape index (κ1) is 16.1. The average molecular weight is 298 g/mol. The summed E-state index contributed by atoms with van der Waals surface area (Å²) in [6, 6.07) is 4.15. The molecule has 0 saturated carbocycles. The van der Waals surface area contributed by atoms with Gasteiger partial charge < -0.3 is 10.2 Å². The summed E-state index contributed by atoms with van der Waals surface area (Å²) in [5.74, 6) is -1.48. The minimum atomic E-state index is -4.11. The van der Waals surface area contributed by atoms with Gasteiger partial charge in [-0.05, 0) is 37.6 Å². The van der Waals surface area contributed by atoms with Crippen molar-refractivity contribution in [3.8, 4) is 6.07 Å². The molecule has 0 saturated heterocycles. The molecule has 0 aliphatic heterocycles. The maximum absolute atomic E-state index is 12.1. The van der Waals surface area contributed by atoms with Gasteiger partial charge in [0.25, 0.3) is 0 Å². The zero-order valence-electron chi connectivity index (χ0n) is 10.9. The summed E-state index contributed by atoms with van der Waals surface area (Å²) in [7, 11) is -4.11. The molecule has 108 valence electrons. The molecule has 7 nitrogen and oxygen atoms in total. The van der Waals surface area contributed by atoms with Crippen LogP contribution in [-0.2, 0) is 14.8 Å². The average Bonchev–Trinajstić information content (AvgIpc) is 2.34. The number of nitriles is 1. The molecule has 1 rings (SSSR count). The Bertz CT molecular complexity index is 661. The van der Waals surface area contributed by atoms with E-state index in [0.29, 0.717) is 11.1 Å². The van der Waals surface area contributed by atoms with Crippen molar-refractivity contribution in [3.63, 3.8) is 0 Å². The van der Waals surface area contributed by atoms with Crippen LogP contribution in [-0.4, -0.2) is 36.7 Å². The first-order valence-corrected chi connectivity index (χ1v) is 7.11. The first-order chi connectivity index (χ1) is 9.19. The van der Waals surface area contributed by atoms with Crippen molar-refractivity contribution in [2.24, 2.45) is 0 Å². The van der Waals surface area contributed by atoms with Crippen LogP contribution in [0.25, 0.3) is 0 Å². The molecule has 0 aliphatic rings. The second-order valence-corrected chi connectivity index (χ2v) is 5.95. The molecule has 2 atom stereocenters. The molecule has 1 aromatic rings. The predicted molar refractivity (Wildman–Crippen MR) is 69.3 cm³/mol. The second kappa shape index (κ2) is 6.00. The van der Waals surface area contributed by atoms with Gasteiger partial charge in [0.15, 0.2) is 0 Å². The highest BCUT2D eigenvalue weighted by Crippen LogP contribution is 2.17. The van der Waals surface area contributed by atoms with E-state index in [1.807, 2.05) is 10.8 Å². The Morgan fingerprint density at radius 3 is 2.45 bits per heavy atom. The molecular weight excluding hydrogens is 284 g/mol. The van der Waals surface area contributed by atoms with E-state index in [1.165, 1.54) is 32.0 Å². The van der Waals surface area contributed by atoms with Gasteiger partial charge in [-0.15, -0.1) is 0 Å². The summed E-state index contributed by atoms with van der Waals surface area (Å²) >= 11 is 0. The summed E-state index contributed by atoms with van der Waals surface area (Å²) in [4.78, 5) is 10.8. The molecule has 0 amide bonds. The van der Waals surface area contributed by atoms with Crippen molar-refractivity contribution in [3.05, 3.63) is 29.3 Å². The zero-order chi connectivity index (χ0) is 15.5. The van der Waals surface area contributed by atoms with Crippen LogP contribution in [0, 0.1) is 18.3 Å². The van der Waals surface area contributed by atoms with Crippen LogP contribution < -0.4 is 4.72 Å². The molecule has 0 aliphatic carbocycles. The van der Waals surface area contributed by atoms with Crippen molar-refractivity contribution in [1.82, 2.24) is 4.72 Å². The number of carboxylic acid groups (broad SMARTS) is 1. The summed E-state index contributed by atoms with van der Waals surface area (Å²) in [5.41, 5.74) is 0.609. The van der Waals surface area contributed by atoms with Crippen LogP contribution in [0.4, 0.5) is 0 Å². The fraction of sp³-hybridized carbons (Fsp3) is 0.333. The van der Waals surface area contributed by atoms with Gasteiger partial charge in [-0.2, -0.15) is 9.98 Å². The molecule has 0 aromatic heterocycles. The van der Waals surface area contributed by atoms with Crippen LogP contribution in [0.2, 0.25) is 0 Å². The van der Waals surface area contributed by atoms with E-state index in [2.05, 4.69) is 0 Å². The highest BCUT2D eigenvalue weighted by Gasteiger charge is 2.29. The van der Waals surface area contributed by atoms with Crippen LogP contribution in [0.15, 0.2) is 23.1 Å². The lowest BCUT2D eigenvalue weighted by Gasteiger charge is -2.18. The number of aliphatic carboxylic acids is 1. The molecule has 0 fully saturated rings. The van der Waals surface area contributed by atoms with Crippen LogP contribution in [0.3, 0.4) is 0 Å². The predicted octanol–water partition coefficient (Wildman–Crippen LogP) is -0.0210. The summed E-state index contributed by atoms with van der Waals surface area (Å²) in [6.45, 7) is 2.67. The molecule has 0 unspecified atom stereocenters. The van der Waals surface area contributed by atoms with Crippen molar-refractivity contribution < 1.29 is 23.4 Å². The van der Waals surface area contributed by atoms with Gasteiger partial charge in [0.1, 0.15) is 6.04 Å². The van der Waals surface area contributed by atoms with E-state index in [4.69, 9.17) is 10.4 Å². The number of sulfonamides is 1. The highest BCUT2D eigenvalue weighted by molar-refractivity contribution is 7.89. The van der Waals surface area contributed by atoms with E-state index < -0.39 is 28.1 Å². The van der Waals surface area contributed by atoms with E-state index in [9.17, 15) is 18.3 Å². The topological polar surface area (TPSA) is 127 Å². The fourth-order valence-corrected chi connectivity index (χ4v) is 3.10. The molecule has 20 heavy (non-hydrogen) atoms. The second-order valence-electron chi connectivity index (χ2n) is 4.27. The normalized spacial score (nSPS) is 14.3. The third-order valence-corrected chi connectivity index (χ3v) is 4.23. The minimum absolute atomic E-state index is 0.136. The zero-order valence-corrected chi connectivity index (χ0v) is 11.7. The van der Waals surface area contributed by atoms with E-state index in [1.54, 1.807) is 0 Å². The number of nitrogens with zero attached hydrogens (tertiary/aromatic N) is 1. The summed E-state index contributed by atoms with van der Waals surface area (Å²) in [5, 5.41) is 26.9. The summed E-state index contributed by atoms with van der Waals surface area (Å²) in [6.07, 6.45) is -1.39. The number of benzene rings is 1. The quantitative estimate of drug-likeness (QED) is 0.701. The number of aliphatic hydroxyl groups is 1. The minimum Gasteiger partial charge on any atom is -0.480 e. The van der Waals surface area contributed by atoms with E-state index >= 15 is 0 Å². The van der Waals surface area contributed by atoms with E-state index in [0.717, 1.165) is 0 Å². The number of hydrogen-bond acceptors (Lipinski definition) is 5. The number of nitrogens with one attached hydrogen (secondary N) is 1. The largest absolute Gasteiger partial charge is 0.480 e. The van der Waals surface area contributed by atoms with Gasteiger partial charge >= 0.3 is 5.97 Å². The molecule has 3 N–H and O–H groups in total. The van der Waals surface area contributed by atoms with Gasteiger partial charge in [-0.25, -0.2) is 8.42 Å². The van der Waals surface area contributed by atoms with Gasteiger partial charge in [-0.3, -0.25) is 4.79 Å². The third kappa shape index (κ3) is 3.54. The van der Waals surface area contributed by atoms with Crippen LogP contribution >= 0.6 is 0 Å². The summed E-state index contributed by atoms with van der Waals surface area (Å²) < 4.78 is 26.1. The number of aliphatic hydroxyl groups excluding tert-OH is 1. The first-order valence-electron chi connectivity index (χ1n) is 5.63. The molecule has 1 aromatic carbocycles. The van der Waals surface area contributed by atoms with Crippen LogP contribution in [0.5, 0.6) is 0 Å². The molecule has 0 radical (unpaired) electrons. The number of aryl methyl sites for hydroxylation is 1. The Morgan fingerprint density at radius 2 is 2.05 bits per heavy atom. The van der Waals surface area contributed by atoms with Gasteiger partial charge in [0.2, 0.25) is 10.0 Å². The van der Waals surface area contributed by atoms with Crippen molar-refractivity contribution >= 4 is 16.0 Å². The van der Waals surface area contributed by atoms with Crippen LogP contribution in [0.1, 0.15) is 18.1 Å². The Hall–Kier alpha value is -1.95. The molecule has 8 heteroatoms. The molecular formula is C12H14N2O5S. The highest BCUT2D eigenvalue weighted by atomic mass is 32.2. The maximum Gasteiger partial charge on any atom is 0.324 e. The standard InChI is InChI=1S/C12H14N2O5S/c1-7-5-9(6-13)3-4-10(7)20(18,19)14-11(8(2)15)12(16)17/h3-5,8,11,14-15H,1-2H3,(H,16,17)/t8-,11+/m1/s1. The SMILES string of the molecule is Cc1cc(C#N)ccc1S(=O)(=O)N[C@H](C(=O)O)[C@@H](C)O. The van der Waals surface area contributed by atoms with Crippen molar-refractivity contribution in [2.45, 2.75) is 30.9 Å². The monoisotopic (exact) mass is 298 g/mol. The number of hydrogen-bond donors (Lipinski definition) is 3. The Labute approximate surface area is 116 Å². The molecule has 0 spiro atoms. The molecule has 0 bridgehead atoms. The number of rotatable bonds is 5. The Kier molecular flexibility index (Phi) is 4.83. The lowest BCUT2D eigenvalue weighted by atomic mass is 10.2. The Balaban J connectivity index is 3.18. The fourth-order valence-electron chi connectivity index (χ4n) is 1.61. The van der Waals surface area contributed by atoms with Gasteiger partial charge in [0, 0.05) is 0 Å². The van der Waals surface area contributed by atoms with Gasteiger partial charge in [-0.1, -0.05) is 0 Å². The smallest absolute Gasteiger partial charge is 0.324 e. The molecule has 0 heterocycles. The van der Waals surface area contributed by atoms with Crippen molar-refractivity contribution in [2.75, 3.05) is 0 Å². The Morgan fingerprint density at radius 1 is 1.45 bits per heavy atom. The van der Waals surface area contributed by atoms with E-state index in [-0.39, 0.29) is 4.90 Å². The number of carbonyl (C=O) groups is 1. The van der Waals surface area contributed by atoms with Crippen molar-refractivity contribution in [1.29, 1.82) is 5.26 Å². The maximum atomic E-state index is 12.1. The van der Waals surface area contributed by atoms with Gasteiger partial charge in [0.05, 0.1) is 22.6 Å². The number of carboxylic acids is 1. The lowest BCUT2D eigenvalue weighted by Crippen LogP contribution is -2.47.